The third-order valence-corrected chi connectivity index (χ3v) is 2.37. The molecule has 0 spiro atoms. The van der Waals surface area contributed by atoms with E-state index in [1.807, 2.05) is 13.1 Å². The molecule has 3 nitrogen and oxygen atoms in total. The van der Waals surface area contributed by atoms with Gasteiger partial charge in [0.05, 0.1) is 0 Å². The Labute approximate surface area is 77.3 Å². The number of phenols is 1. The lowest BCUT2D eigenvalue weighted by Gasteiger charge is -2.24. The molecule has 2 N–H and O–H groups in total. The molecule has 1 aliphatic heterocycles. The van der Waals surface area contributed by atoms with Crippen LogP contribution in [0.1, 0.15) is 5.56 Å². The minimum atomic E-state index is 0.265. The van der Waals surface area contributed by atoms with Gasteiger partial charge in [0.15, 0.2) is 0 Å². The summed E-state index contributed by atoms with van der Waals surface area (Å²) in [5.74, 6) is 1.08. The maximum Gasteiger partial charge on any atom is 0.126 e. The van der Waals surface area contributed by atoms with Crippen LogP contribution in [0.2, 0.25) is 0 Å². The number of rotatable bonds is 1. The van der Waals surface area contributed by atoms with Gasteiger partial charge in [-0.05, 0) is 25.1 Å². The van der Waals surface area contributed by atoms with Gasteiger partial charge >= 0.3 is 0 Å². The summed E-state index contributed by atoms with van der Waals surface area (Å²) in [6.45, 7) is 0.674. The van der Waals surface area contributed by atoms with E-state index in [-0.39, 0.29) is 5.75 Å². The van der Waals surface area contributed by atoms with Crippen LogP contribution < -0.4 is 10.1 Å². The van der Waals surface area contributed by atoms with Crippen molar-refractivity contribution in [3.63, 3.8) is 0 Å². The lowest BCUT2D eigenvalue weighted by atomic mass is 10.0. The lowest BCUT2D eigenvalue weighted by molar-refractivity contribution is 0.244. The Balaban J connectivity index is 2.26. The quantitative estimate of drug-likeness (QED) is 0.673. The fourth-order valence-corrected chi connectivity index (χ4v) is 1.55. The molecular weight excluding hydrogens is 166 g/mol. The van der Waals surface area contributed by atoms with Crippen LogP contribution in [-0.2, 0) is 6.42 Å². The first-order valence-electron chi connectivity index (χ1n) is 4.41. The number of aromatic hydroxyl groups is 1. The van der Waals surface area contributed by atoms with Crippen LogP contribution in [0.3, 0.4) is 0 Å². The van der Waals surface area contributed by atoms with Crippen molar-refractivity contribution >= 4 is 0 Å². The molecule has 70 valence electrons. The molecule has 0 fully saturated rings. The predicted molar refractivity (Wildman–Crippen MR) is 50.2 cm³/mol. The van der Waals surface area contributed by atoms with Gasteiger partial charge in [-0.25, -0.2) is 0 Å². The van der Waals surface area contributed by atoms with Gasteiger partial charge in [0.1, 0.15) is 18.1 Å². The molecule has 3 heteroatoms. The second kappa shape index (κ2) is 3.26. The van der Waals surface area contributed by atoms with Crippen LogP contribution in [0.25, 0.3) is 0 Å². The maximum absolute atomic E-state index is 9.22. The zero-order valence-corrected chi connectivity index (χ0v) is 7.58. The third-order valence-electron chi connectivity index (χ3n) is 2.37. The van der Waals surface area contributed by atoms with Gasteiger partial charge in [-0.15, -0.1) is 0 Å². The van der Waals surface area contributed by atoms with Crippen molar-refractivity contribution in [1.29, 1.82) is 0 Å². The average Bonchev–Trinajstić information content (AvgIpc) is 2.17. The average molecular weight is 179 g/mol. The molecule has 1 unspecified atom stereocenters. The Morgan fingerprint density at radius 1 is 1.54 bits per heavy atom. The number of hydrogen-bond acceptors (Lipinski definition) is 3. The molecule has 1 aromatic carbocycles. The van der Waals surface area contributed by atoms with E-state index in [0.29, 0.717) is 12.6 Å². The van der Waals surface area contributed by atoms with Gasteiger partial charge < -0.3 is 15.2 Å². The van der Waals surface area contributed by atoms with Crippen molar-refractivity contribution in [1.82, 2.24) is 5.32 Å². The Bertz CT molecular complexity index is 312. The van der Waals surface area contributed by atoms with E-state index in [0.717, 1.165) is 17.7 Å². The molecule has 2 rings (SSSR count). The van der Waals surface area contributed by atoms with E-state index < -0.39 is 0 Å². The van der Waals surface area contributed by atoms with Gasteiger partial charge in [0, 0.05) is 12.1 Å². The molecule has 0 radical (unpaired) electrons. The van der Waals surface area contributed by atoms with Crippen molar-refractivity contribution in [2.24, 2.45) is 0 Å². The molecular formula is C10H13NO2. The van der Waals surface area contributed by atoms with Crippen LogP contribution in [-0.4, -0.2) is 24.8 Å². The molecule has 1 aromatic rings. The summed E-state index contributed by atoms with van der Waals surface area (Å²) >= 11 is 0. The first kappa shape index (κ1) is 8.38. The minimum absolute atomic E-state index is 0.265. The minimum Gasteiger partial charge on any atom is -0.508 e. The molecule has 13 heavy (non-hydrogen) atoms. The van der Waals surface area contributed by atoms with Gasteiger partial charge in [0.25, 0.3) is 0 Å². The molecule has 0 amide bonds. The second-order valence-electron chi connectivity index (χ2n) is 3.29. The van der Waals surface area contributed by atoms with Crippen LogP contribution in [0.15, 0.2) is 18.2 Å². The summed E-state index contributed by atoms with van der Waals surface area (Å²) in [5.41, 5.74) is 1.16. The lowest BCUT2D eigenvalue weighted by Crippen LogP contribution is -2.36. The molecule has 1 aliphatic rings. The molecule has 0 bridgehead atoms. The van der Waals surface area contributed by atoms with E-state index in [9.17, 15) is 5.11 Å². The molecule has 1 atom stereocenters. The van der Waals surface area contributed by atoms with Gasteiger partial charge in [-0.2, -0.15) is 0 Å². The highest BCUT2D eigenvalue weighted by atomic mass is 16.5. The van der Waals surface area contributed by atoms with Gasteiger partial charge in [0.2, 0.25) is 0 Å². The van der Waals surface area contributed by atoms with E-state index in [1.54, 1.807) is 12.1 Å². The number of ether oxygens (including phenoxy) is 1. The number of benzene rings is 1. The van der Waals surface area contributed by atoms with E-state index in [1.165, 1.54) is 0 Å². The smallest absolute Gasteiger partial charge is 0.126 e. The summed E-state index contributed by atoms with van der Waals surface area (Å²) < 4.78 is 5.49. The molecule has 0 saturated carbocycles. The fraction of sp³-hybridized carbons (Fsp3) is 0.400. The Hall–Kier alpha value is -1.22. The highest BCUT2D eigenvalue weighted by molar-refractivity contribution is 5.41. The molecule has 1 heterocycles. The van der Waals surface area contributed by atoms with Crippen molar-refractivity contribution in [2.45, 2.75) is 12.5 Å². The number of likely N-dealkylation sites (N-methyl/N-ethyl adjacent to an activating group) is 1. The standard InChI is InChI=1S/C10H13NO2/c1-11-8-4-7-2-3-9(12)5-10(7)13-6-8/h2-3,5,8,11-12H,4,6H2,1H3. The van der Waals surface area contributed by atoms with Crippen LogP contribution in [0.5, 0.6) is 11.5 Å². The van der Waals surface area contributed by atoms with Crippen molar-refractivity contribution in [3.05, 3.63) is 23.8 Å². The predicted octanol–water partition coefficient (Wildman–Crippen LogP) is 0.915. The molecule has 0 aromatic heterocycles. The summed E-state index contributed by atoms with van der Waals surface area (Å²) in [7, 11) is 1.93. The van der Waals surface area contributed by atoms with Gasteiger partial charge in [-0.1, -0.05) is 6.07 Å². The Morgan fingerprint density at radius 2 is 2.38 bits per heavy atom. The van der Waals surface area contributed by atoms with Gasteiger partial charge in [-0.3, -0.25) is 0 Å². The summed E-state index contributed by atoms with van der Waals surface area (Å²) in [5, 5.41) is 12.4. The van der Waals surface area contributed by atoms with Crippen molar-refractivity contribution in [2.75, 3.05) is 13.7 Å². The van der Waals surface area contributed by atoms with Crippen molar-refractivity contribution < 1.29 is 9.84 Å². The van der Waals surface area contributed by atoms with E-state index in [4.69, 9.17) is 4.74 Å². The number of hydrogen-bond donors (Lipinski definition) is 2. The van der Waals surface area contributed by atoms with E-state index in [2.05, 4.69) is 5.32 Å². The summed E-state index contributed by atoms with van der Waals surface area (Å²) in [4.78, 5) is 0. The number of phenolic OH excluding ortho intramolecular Hbond substituents is 1. The zero-order valence-electron chi connectivity index (χ0n) is 7.58. The van der Waals surface area contributed by atoms with E-state index >= 15 is 0 Å². The Kier molecular flexibility index (Phi) is 2.10. The SMILES string of the molecule is CNC1COc2cc(O)ccc2C1. The molecule has 0 aliphatic carbocycles. The second-order valence-corrected chi connectivity index (χ2v) is 3.29. The van der Waals surface area contributed by atoms with Crippen LogP contribution in [0, 0.1) is 0 Å². The monoisotopic (exact) mass is 179 g/mol. The number of nitrogens with one attached hydrogen (secondary N) is 1. The van der Waals surface area contributed by atoms with Crippen LogP contribution >= 0.6 is 0 Å². The summed E-state index contributed by atoms with van der Waals surface area (Å²) in [6, 6.07) is 5.66. The Morgan fingerprint density at radius 3 is 3.15 bits per heavy atom. The normalized spacial score (nSPS) is 20.5. The number of fused-ring (bicyclic) bond motifs is 1. The maximum atomic E-state index is 9.22. The topological polar surface area (TPSA) is 41.5 Å². The largest absolute Gasteiger partial charge is 0.508 e. The zero-order chi connectivity index (χ0) is 9.26. The first-order valence-corrected chi connectivity index (χ1v) is 4.41. The van der Waals surface area contributed by atoms with Crippen molar-refractivity contribution in [3.8, 4) is 11.5 Å². The summed E-state index contributed by atoms with van der Waals surface area (Å²) in [6.07, 6.45) is 0.964. The first-order chi connectivity index (χ1) is 6.29. The highest BCUT2D eigenvalue weighted by Gasteiger charge is 2.18. The highest BCUT2D eigenvalue weighted by Crippen LogP contribution is 2.28. The third kappa shape index (κ3) is 1.60. The molecule has 0 saturated heterocycles. The van der Waals surface area contributed by atoms with Crippen LogP contribution in [0.4, 0.5) is 0 Å². The fourth-order valence-electron chi connectivity index (χ4n) is 1.55.